The molecule has 2 N–H and O–H groups in total. The number of benzene rings is 1. The van der Waals surface area contributed by atoms with Crippen LogP contribution in [0.15, 0.2) is 24.3 Å². The van der Waals surface area contributed by atoms with Crippen LogP contribution in [0.4, 0.5) is 0 Å². The molecule has 2 unspecified atom stereocenters. The van der Waals surface area contributed by atoms with E-state index < -0.39 is 5.54 Å². The largest absolute Gasteiger partial charge is 0.490 e. The Morgan fingerprint density at radius 1 is 1.45 bits per heavy atom. The Morgan fingerprint density at radius 2 is 2.15 bits per heavy atom. The van der Waals surface area contributed by atoms with Gasteiger partial charge in [0.15, 0.2) is 0 Å². The lowest BCUT2D eigenvalue weighted by Gasteiger charge is -2.25. The normalized spacial score (nSPS) is 25.4. The lowest BCUT2D eigenvalue weighted by Crippen LogP contribution is -2.49. The highest BCUT2D eigenvalue weighted by atomic mass is 16.5. The van der Waals surface area contributed by atoms with E-state index >= 15 is 0 Å². The number of esters is 1. The number of hydrogen-bond acceptors (Lipinski definition) is 5. The molecule has 0 saturated heterocycles. The van der Waals surface area contributed by atoms with Crippen LogP contribution >= 0.6 is 0 Å². The summed E-state index contributed by atoms with van der Waals surface area (Å²) in [6.45, 7) is 0.0227. The molecule has 0 radical (unpaired) electrons. The van der Waals surface area contributed by atoms with Crippen LogP contribution in [-0.2, 0) is 16.1 Å². The highest BCUT2D eigenvalue weighted by molar-refractivity contribution is 5.81. The molecule has 0 amide bonds. The van der Waals surface area contributed by atoms with Gasteiger partial charge in [0, 0.05) is 6.42 Å². The number of likely N-dealkylation sites (N-methyl/N-ethyl adjacent to an activating group) is 1. The summed E-state index contributed by atoms with van der Waals surface area (Å²) in [7, 11) is 3.18. The maximum absolute atomic E-state index is 11.9. The Labute approximate surface area is 118 Å². The minimum Gasteiger partial charge on any atom is -0.490 e. The molecule has 1 aromatic rings. The van der Waals surface area contributed by atoms with Crippen molar-refractivity contribution < 1.29 is 19.4 Å². The zero-order valence-electron chi connectivity index (χ0n) is 11.9. The molecule has 0 aromatic heterocycles. The molecule has 1 aromatic carbocycles. The average Bonchev–Trinajstić information content (AvgIpc) is 2.91. The molecule has 0 heterocycles. The molecule has 2 rings (SSSR count). The van der Waals surface area contributed by atoms with Gasteiger partial charge in [-0.05, 0) is 37.6 Å². The number of aliphatic hydroxyl groups is 1. The predicted octanol–water partition coefficient (Wildman–Crippen LogP) is 1.24. The second-order valence-corrected chi connectivity index (χ2v) is 5.11. The Balaban J connectivity index is 2.00. The van der Waals surface area contributed by atoms with Crippen molar-refractivity contribution >= 4 is 5.97 Å². The zero-order valence-corrected chi connectivity index (χ0v) is 11.9. The van der Waals surface area contributed by atoms with Crippen molar-refractivity contribution in [3.63, 3.8) is 0 Å². The van der Waals surface area contributed by atoms with Gasteiger partial charge in [-0.15, -0.1) is 0 Å². The van der Waals surface area contributed by atoms with Crippen LogP contribution in [0.1, 0.15) is 24.8 Å². The molecule has 1 aliphatic rings. The van der Waals surface area contributed by atoms with E-state index in [9.17, 15) is 4.79 Å². The predicted molar refractivity (Wildman–Crippen MR) is 74.4 cm³/mol. The number of hydrogen-bond donors (Lipinski definition) is 2. The standard InChI is InChI=1S/C15H21NO4/c1-16-15(14(18)19-2)8-7-13(9-15)20-12-5-3-11(10-17)4-6-12/h3-6,13,16-17H,7-10H2,1-2H3. The number of ether oxygens (including phenoxy) is 2. The smallest absolute Gasteiger partial charge is 0.326 e. The third kappa shape index (κ3) is 2.94. The summed E-state index contributed by atoms with van der Waals surface area (Å²) < 4.78 is 10.8. The Morgan fingerprint density at radius 3 is 2.70 bits per heavy atom. The van der Waals surface area contributed by atoms with Gasteiger partial charge in [-0.3, -0.25) is 4.79 Å². The minimum atomic E-state index is -0.634. The lowest BCUT2D eigenvalue weighted by molar-refractivity contribution is -0.148. The van der Waals surface area contributed by atoms with Crippen molar-refractivity contribution in [2.75, 3.05) is 14.2 Å². The van der Waals surface area contributed by atoms with E-state index in [1.807, 2.05) is 24.3 Å². The van der Waals surface area contributed by atoms with Gasteiger partial charge < -0.3 is 19.9 Å². The molecule has 0 aliphatic heterocycles. The first kappa shape index (κ1) is 14.8. The molecule has 1 aliphatic carbocycles. The van der Waals surface area contributed by atoms with Crippen LogP contribution < -0.4 is 10.1 Å². The summed E-state index contributed by atoms with van der Waals surface area (Å²) in [5.74, 6) is 0.519. The van der Waals surface area contributed by atoms with Gasteiger partial charge in [-0.2, -0.15) is 0 Å². The van der Waals surface area contributed by atoms with E-state index in [4.69, 9.17) is 14.6 Å². The molecule has 5 nitrogen and oxygen atoms in total. The van der Waals surface area contributed by atoms with Gasteiger partial charge >= 0.3 is 5.97 Å². The van der Waals surface area contributed by atoms with Crippen molar-refractivity contribution in [1.29, 1.82) is 0 Å². The van der Waals surface area contributed by atoms with E-state index in [0.717, 1.165) is 17.7 Å². The summed E-state index contributed by atoms with van der Waals surface area (Å²) >= 11 is 0. The maximum Gasteiger partial charge on any atom is 0.326 e. The van der Waals surface area contributed by atoms with Crippen molar-refractivity contribution in [2.24, 2.45) is 0 Å². The summed E-state index contributed by atoms with van der Waals surface area (Å²) in [5, 5.41) is 12.1. The fraction of sp³-hybridized carbons (Fsp3) is 0.533. The first-order valence-electron chi connectivity index (χ1n) is 6.77. The van der Waals surface area contributed by atoms with Crippen LogP contribution in [0.25, 0.3) is 0 Å². The highest BCUT2D eigenvalue weighted by Crippen LogP contribution is 2.33. The Kier molecular flexibility index (Phi) is 4.62. The monoisotopic (exact) mass is 279 g/mol. The van der Waals surface area contributed by atoms with Crippen molar-refractivity contribution in [3.8, 4) is 5.75 Å². The van der Waals surface area contributed by atoms with E-state index in [0.29, 0.717) is 12.8 Å². The summed E-state index contributed by atoms with van der Waals surface area (Å²) in [4.78, 5) is 11.9. The molecular weight excluding hydrogens is 258 g/mol. The van der Waals surface area contributed by atoms with Gasteiger partial charge in [-0.1, -0.05) is 12.1 Å². The quantitative estimate of drug-likeness (QED) is 0.794. The van der Waals surface area contributed by atoms with Crippen LogP contribution in [0.3, 0.4) is 0 Å². The highest BCUT2D eigenvalue weighted by Gasteiger charge is 2.46. The summed E-state index contributed by atoms with van der Waals surface area (Å²) in [5.41, 5.74) is 0.215. The van der Waals surface area contributed by atoms with Gasteiger partial charge in [0.1, 0.15) is 17.4 Å². The van der Waals surface area contributed by atoms with E-state index in [1.165, 1.54) is 7.11 Å². The second-order valence-electron chi connectivity index (χ2n) is 5.11. The number of carbonyl (C=O) groups is 1. The first-order valence-corrected chi connectivity index (χ1v) is 6.77. The molecule has 5 heteroatoms. The molecule has 20 heavy (non-hydrogen) atoms. The van der Waals surface area contributed by atoms with Crippen LogP contribution in [0.2, 0.25) is 0 Å². The molecule has 1 saturated carbocycles. The minimum absolute atomic E-state index is 0.0125. The molecule has 110 valence electrons. The number of methoxy groups -OCH3 is 1. The number of aliphatic hydroxyl groups excluding tert-OH is 1. The lowest BCUT2D eigenvalue weighted by atomic mass is 9.98. The van der Waals surface area contributed by atoms with Gasteiger partial charge in [-0.25, -0.2) is 0 Å². The zero-order chi connectivity index (χ0) is 14.6. The topological polar surface area (TPSA) is 67.8 Å². The van der Waals surface area contributed by atoms with E-state index in [1.54, 1.807) is 7.05 Å². The average molecular weight is 279 g/mol. The Hall–Kier alpha value is -1.59. The van der Waals surface area contributed by atoms with Crippen LogP contribution in [0, 0.1) is 0 Å². The second kappa shape index (κ2) is 6.24. The fourth-order valence-electron chi connectivity index (χ4n) is 2.68. The first-order chi connectivity index (χ1) is 9.63. The van der Waals surface area contributed by atoms with Crippen molar-refractivity contribution in [2.45, 2.75) is 37.5 Å². The third-order valence-corrected chi connectivity index (χ3v) is 3.93. The molecule has 0 bridgehead atoms. The summed E-state index contributed by atoms with van der Waals surface area (Å²) in [6, 6.07) is 7.33. The van der Waals surface area contributed by atoms with Gasteiger partial charge in [0.25, 0.3) is 0 Å². The Bertz CT molecular complexity index is 459. The van der Waals surface area contributed by atoms with Crippen LogP contribution in [-0.4, -0.2) is 36.9 Å². The van der Waals surface area contributed by atoms with E-state index in [2.05, 4.69) is 5.32 Å². The SMILES string of the molecule is CNC1(C(=O)OC)CCC(Oc2ccc(CO)cc2)C1. The molecule has 2 atom stereocenters. The van der Waals surface area contributed by atoms with Crippen molar-refractivity contribution in [3.05, 3.63) is 29.8 Å². The number of nitrogens with one attached hydrogen (secondary N) is 1. The summed E-state index contributed by atoms with van der Waals surface area (Å²) in [6.07, 6.45) is 2.09. The number of rotatable bonds is 5. The van der Waals surface area contributed by atoms with Crippen LogP contribution in [0.5, 0.6) is 5.75 Å². The molecule has 0 spiro atoms. The van der Waals surface area contributed by atoms with Gasteiger partial charge in [0.05, 0.1) is 13.7 Å². The van der Waals surface area contributed by atoms with E-state index in [-0.39, 0.29) is 18.7 Å². The molecule has 1 fully saturated rings. The third-order valence-electron chi connectivity index (χ3n) is 3.93. The maximum atomic E-state index is 11.9. The fourth-order valence-corrected chi connectivity index (χ4v) is 2.68. The molecular formula is C15H21NO4. The van der Waals surface area contributed by atoms with Gasteiger partial charge in [0.2, 0.25) is 0 Å². The van der Waals surface area contributed by atoms with Crippen molar-refractivity contribution in [1.82, 2.24) is 5.32 Å². The number of carbonyl (C=O) groups excluding carboxylic acids is 1.